The average Bonchev–Trinajstić information content (AvgIpc) is 3.01. The number of hydrogen-bond acceptors (Lipinski definition) is 4. The topological polar surface area (TPSA) is 59.8 Å². The maximum Gasteiger partial charge on any atom is 0.230 e. The van der Waals surface area contributed by atoms with E-state index in [4.69, 9.17) is 0 Å². The minimum Gasteiger partial charge on any atom is -0.355 e. The Kier molecular flexibility index (Phi) is 6.65. The maximum atomic E-state index is 11.9. The van der Waals surface area contributed by atoms with E-state index in [-0.39, 0.29) is 5.91 Å². The summed E-state index contributed by atoms with van der Waals surface area (Å²) in [4.78, 5) is 11.9. The zero-order chi connectivity index (χ0) is 16.7. The first-order valence-electron chi connectivity index (χ1n) is 7.96. The van der Waals surface area contributed by atoms with Crippen molar-refractivity contribution >= 4 is 17.7 Å². The second kappa shape index (κ2) is 8.72. The van der Waals surface area contributed by atoms with Crippen molar-refractivity contribution in [1.29, 1.82) is 0 Å². The Morgan fingerprint density at radius 3 is 2.70 bits per heavy atom. The van der Waals surface area contributed by atoms with Gasteiger partial charge in [-0.1, -0.05) is 49.9 Å². The zero-order valence-electron chi connectivity index (χ0n) is 14.0. The molecule has 1 aromatic heterocycles. The summed E-state index contributed by atoms with van der Waals surface area (Å²) in [6.07, 6.45) is 2.53. The lowest BCUT2D eigenvalue weighted by atomic mass is 10.0. The van der Waals surface area contributed by atoms with E-state index >= 15 is 0 Å². The Labute approximate surface area is 141 Å². The minimum absolute atomic E-state index is 0.0273. The highest BCUT2D eigenvalue weighted by molar-refractivity contribution is 7.99. The molecule has 2 rings (SSSR count). The molecule has 2 aromatic rings. The fourth-order valence-corrected chi connectivity index (χ4v) is 2.98. The van der Waals surface area contributed by atoms with Crippen LogP contribution in [0.15, 0.2) is 35.7 Å². The van der Waals surface area contributed by atoms with Gasteiger partial charge in [0.15, 0.2) is 5.16 Å². The molecule has 124 valence electrons. The normalized spacial score (nSPS) is 11.0. The van der Waals surface area contributed by atoms with E-state index in [0.717, 1.165) is 18.1 Å². The molecule has 0 fully saturated rings. The number of rotatable bonds is 8. The molecule has 0 saturated carbocycles. The molecule has 0 aliphatic heterocycles. The van der Waals surface area contributed by atoms with Crippen LogP contribution in [-0.4, -0.2) is 33.0 Å². The largest absolute Gasteiger partial charge is 0.355 e. The number of thioether (sulfide) groups is 1. The third-order valence-electron chi connectivity index (χ3n) is 3.64. The molecule has 0 unspecified atom stereocenters. The van der Waals surface area contributed by atoms with Crippen molar-refractivity contribution in [1.82, 2.24) is 20.1 Å². The first-order chi connectivity index (χ1) is 11.1. The number of carbonyl (C=O) groups is 1. The Morgan fingerprint density at radius 1 is 1.30 bits per heavy atom. The molecule has 0 aliphatic rings. The van der Waals surface area contributed by atoms with Crippen molar-refractivity contribution in [3.63, 3.8) is 0 Å². The van der Waals surface area contributed by atoms with Crippen LogP contribution in [0.1, 0.15) is 37.8 Å². The van der Waals surface area contributed by atoms with Gasteiger partial charge in [0, 0.05) is 13.1 Å². The quantitative estimate of drug-likeness (QED) is 0.755. The molecule has 1 heterocycles. The molecule has 6 heteroatoms. The smallest absolute Gasteiger partial charge is 0.230 e. The Bertz CT molecular complexity index is 622. The van der Waals surface area contributed by atoms with Crippen molar-refractivity contribution in [2.24, 2.45) is 0 Å². The number of aryl methyl sites for hydroxylation is 1. The van der Waals surface area contributed by atoms with Gasteiger partial charge < -0.3 is 9.88 Å². The minimum atomic E-state index is 0.0273. The van der Waals surface area contributed by atoms with Gasteiger partial charge in [0.1, 0.15) is 6.33 Å². The van der Waals surface area contributed by atoms with Gasteiger partial charge in [0.2, 0.25) is 5.91 Å². The third-order valence-corrected chi connectivity index (χ3v) is 4.62. The molecule has 0 aliphatic carbocycles. The van der Waals surface area contributed by atoms with Crippen LogP contribution >= 0.6 is 11.8 Å². The van der Waals surface area contributed by atoms with Crippen LogP contribution in [0, 0.1) is 0 Å². The number of nitrogens with zero attached hydrogens (tertiary/aromatic N) is 3. The summed E-state index contributed by atoms with van der Waals surface area (Å²) in [5.41, 5.74) is 2.59. The van der Waals surface area contributed by atoms with Crippen LogP contribution in [0.25, 0.3) is 0 Å². The third kappa shape index (κ3) is 5.39. The number of hydrogen-bond donors (Lipinski definition) is 1. The van der Waals surface area contributed by atoms with Crippen molar-refractivity contribution in [2.75, 3.05) is 12.3 Å². The highest BCUT2D eigenvalue weighted by atomic mass is 32.2. The number of benzene rings is 1. The summed E-state index contributed by atoms with van der Waals surface area (Å²) in [5.74, 6) is 0.940. The van der Waals surface area contributed by atoms with E-state index in [0.29, 0.717) is 18.2 Å². The predicted octanol–water partition coefficient (Wildman–Crippen LogP) is 2.87. The molecule has 0 radical (unpaired) electrons. The maximum absolute atomic E-state index is 11.9. The number of carbonyl (C=O) groups excluding carboxylic acids is 1. The van der Waals surface area contributed by atoms with Gasteiger partial charge in [-0.3, -0.25) is 4.79 Å². The molecule has 23 heavy (non-hydrogen) atoms. The van der Waals surface area contributed by atoms with Crippen LogP contribution in [0.4, 0.5) is 0 Å². The number of nitrogens with one attached hydrogen (secondary N) is 1. The van der Waals surface area contributed by atoms with Crippen LogP contribution in [0.5, 0.6) is 0 Å². The van der Waals surface area contributed by atoms with Crippen molar-refractivity contribution in [2.45, 2.75) is 44.8 Å². The highest BCUT2D eigenvalue weighted by Crippen LogP contribution is 2.15. The van der Waals surface area contributed by atoms with E-state index in [9.17, 15) is 4.79 Å². The average molecular weight is 332 g/mol. The molecule has 1 aromatic carbocycles. The van der Waals surface area contributed by atoms with Crippen molar-refractivity contribution in [3.8, 4) is 0 Å². The van der Waals surface area contributed by atoms with Crippen molar-refractivity contribution in [3.05, 3.63) is 41.7 Å². The molecule has 5 nitrogen and oxygen atoms in total. The first kappa shape index (κ1) is 17.5. The lowest BCUT2D eigenvalue weighted by Crippen LogP contribution is -2.27. The standard InChI is InChI=1S/C17H24N4OS/c1-4-21-12-19-20-17(21)23-11-16(22)18-10-9-14-5-7-15(8-6-14)13(2)3/h5-8,12-13H,4,9-11H2,1-3H3,(H,18,22). The second-order valence-corrected chi connectivity index (χ2v) is 6.63. The Morgan fingerprint density at radius 2 is 2.04 bits per heavy atom. The fraction of sp³-hybridized carbons (Fsp3) is 0.471. The van der Waals surface area contributed by atoms with Crippen LogP contribution in [0.3, 0.4) is 0 Å². The summed E-state index contributed by atoms with van der Waals surface area (Å²) < 4.78 is 1.92. The lowest BCUT2D eigenvalue weighted by molar-refractivity contribution is -0.118. The molecule has 0 bridgehead atoms. The molecule has 0 spiro atoms. The van der Waals surface area contributed by atoms with Crippen LogP contribution < -0.4 is 5.32 Å². The zero-order valence-corrected chi connectivity index (χ0v) is 14.8. The monoisotopic (exact) mass is 332 g/mol. The van der Waals surface area contributed by atoms with Gasteiger partial charge in [0.05, 0.1) is 5.75 Å². The summed E-state index contributed by atoms with van der Waals surface area (Å²) in [7, 11) is 0. The van der Waals surface area contributed by atoms with Gasteiger partial charge in [-0.2, -0.15) is 0 Å². The summed E-state index contributed by atoms with van der Waals surface area (Å²) in [5, 5.41) is 11.6. The Balaban J connectivity index is 1.70. The van der Waals surface area contributed by atoms with E-state index in [1.807, 2.05) is 11.5 Å². The van der Waals surface area contributed by atoms with Gasteiger partial charge in [-0.25, -0.2) is 0 Å². The van der Waals surface area contributed by atoms with Crippen molar-refractivity contribution < 1.29 is 4.79 Å². The van der Waals surface area contributed by atoms with Gasteiger partial charge >= 0.3 is 0 Å². The summed E-state index contributed by atoms with van der Waals surface area (Å²) in [6.45, 7) is 7.86. The first-order valence-corrected chi connectivity index (χ1v) is 8.94. The fourth-order valence-electron chi connectivity index (χ4n) is 2.17. The van der Waals surface area contributed by atoms with E-state index < -0.39 is 0 Å². The number of aromatic nitrogens is 3. The SMILES string of the molecule is CCn1cnnc1SCC(=O)NCCc1ccc(C(C)C)cc1. The summed E-state index contributed by atoms with van der Waals surface area (Å²) >= 11 is 1.42. The van der Waals surface area contributed by atoms with Gasteiger partial charge in [-0.15, -0.1) is 10.2 Å². The summed E-state index contributed by atoms with van der Waals surface area (Å²) in [6, 6.07) is 8.60. The molecular weight excluding hydrogens is 308 g/mol. The molecular formula is C17H24N4OS. The van der Waals surface area contributed by atoms with Crippen LogP contribution in [0.2, 0.25) is 0 Å². The van der Waals surface area contributed by atoms with E-state index in [1.54, 1.807) is 6.33 Å². The molecule has 1 N–H and O–H groups in total. The van der Waals surface area contributed by atoms with E-state index in [2.05, 4.69) is 53.6 Å². The van der Waals surface area contributed by atoms with Crippen LogP contribution in [-0.2, 0) is 17.8 Å². The molecule has 0 saturated heterocycles. The van der Waals surface area contributed by atoms with Gasteiger partial charge in [0.25, 0.3) is 0 Å². The lowest BCUT2D eigenvalue weighted by Gasteiger charge is -2.08. The van der Waals surface area contributed by atoms with Gasteiger partial charge in [-0.05, 0) is 30.4 Å². The molecule has 1 amide bonds. The van der Waals surface area contributed by atoms with E-state index in [1.165, 1.54) is 22.9 Å². The number of amides is 1. The Hall–Kier alpha value is -1.82. The predicted molar refractivity (Wildman–Crippen MR) is 93.7 cm³/mol. The highest BCUT2D eigenvalue weighted by Gasteiger charge is 2.07. The molecule has 0 atom stereocenters. The second-order valence-electron chi connectivity index (χ2n) is 5.68.